The molecule has 3 N–H and O–H groups in total. The molecule has 0 saturated heterocycles. The first-order valence-corrected chi connectivity index (χ1v) is 9.83. The fraction of sp³-hybridized carbons (Fsp3) is 0.208. The van der Waals surface area contributed by atoms with Crippen LogP contribution < -0.4 is 20.1 Å². The first kappa shape index (κ1) is 19.0. The Hall–Kier alpha value is -3.31. The van der Waals surface area contributed by atoms with Gasteiger partial charge >= 0.3 is 0 Å². The topological polar surface area (TPSA) is 64.2 Å². The number of hydrogen-bond acceptors (Lipinski definition) is 3. The molecule has 0 spiro atoms. The molecule has 5 nitrogen and oxygen atoms in total. The molecule has 0 bridgehead atoms. The van der Waals surface area contributed by atoms with E-state index in [0.717, 1.165) is 17.1 Å². The summed E-state index contributed by atoms with van der Waals surface area (Å²) in [6, 6.07) is 26.2. The van der Waals surface area contributed by atoms with E-state index in [9.17, 15) is 4.79 Å². The van der Waals surface area contributed by atoms with Gasteiger partial charge in [0.25, 0.3) is 5.91 Å². The number of quaternary nitrogens is 1. The zero-order valence-corrected chi connectivity index (χ0v) is 16.4. The van der Waals surface area contributed by atoms with Gasteiger partial charge in [-0.15, -0.1) is 0 Å². The molecule has 0 fully saturated rings. The second kappa shape index (κ2) is 8.80. The lowest BCUT2D eigenvalue weighted by atomic mass is 9.99. The highest BCUT2D eigenvalue weighted by molar-refractivity contribution is 5.77. The standard InChI is InChI=1S/C24H24N2O3/c1-17(20-12-13-21-22(14-20)29-16-28-21)26-23(27)15-25-24(18-8-4-2-5-9-18)19-10-6-3-7-11-19/h2-14,17,24-25H,15-16H2,1H3,(H,26,27)/p+1/t17-/m1/s1. The van der Waals surface area contributed by atoms with Crippen LogP contribution in [0.1, 0.15) is 35.7 Å². The molecule has 1 amide bonds. The van der Waals surface area contributed by atoms with Crippen molar-refractivity contribution < 1.29 is 19.6 Å². The van der Waals surface area contributed by atoms with Gasteiger partial charge in [0.05, 0.1) is 6.04 Å². The highest BCUT2D eigenvalue weighted by atomic mass is 16.7. The predicted molar refractivity (Wildman–Crippen MR) is 111 cm³/mol. The van der Waals surface area contributed by atoms with Crippen molar-refractivity contribution in [2.75, 3.05) is 13.3 Å². The molecule has 1 atom stereocenters. The van der Waals surface area contributed by atoms with Crippen molar-refractivity contribution >= 4 is 5.91 Å². The minimum absolute atomic E-state index is 0.00738. The average molecular weight is 389 g/mol. The van der Waals surface area contributed by atoms with Gasteiger partial charge in [0, 0.05) is 11.1 Å². The highest BCUT2D eigenvalue weighted by Gasteiger charge is 2.20. The first-order chi connectivity index (χ1) is 14.2. The lowest BCUT2D eigenvalue weighted by Gasteiger charge is -2.18. The normalized spacial score (nSPS) is 13.3. The fourth-order valence-corrected chi connectivity index (χ4v) is 3.58. The molecule has 0 aliphatic carbocycles. The lowest BCUT2D eigenvalue weighted by Crippen LogP contribution is -2.87. The van der Waals surface area contributed by atoms with Crippen molar-refractivity contribution in [1.29, 1.82) is 0 Å². The highest BCUT2D eigenvalue weighted by Crippen LogP contribution is 2.34. The molecule has 1 heterocycles. The summed E-state index contributed by atoms with van der Waals surface area (Å²) in [4.78, 5) is 12.6. The van der Waals surface area contributed by atoms with Gasteiger partial charge in [-0.05, 0) is 24.6 Å². The van der Waals surface area contributed by atoms with Gasteiger partial charge in [0.15, 0.2) is 18.0 Å². The third-order valence-corrected chi connectivity index (χ3v) is 5.13. The van der Waals surface area contributed by atoms with Crippen molar-refractivity contribution in [3.8, 4) is 11.5 Å². The van der Waals surface area contributed by atoms with Crippen LogP contribution in [-0.2, 0) is 4.79 Å². The molecule has 5 heteroatoms. The zero-order valence-electron chi connectivity index (χ0n) is 16.4. The SMILES string of the molecule is C[C@@H](NC(=O)C[NH2+]C(c1ccccc1)c1ccccc1)c1ccc2c(c1)OCO2. The molecule has 3 aromatic rings. The molecule has 3 aromatic carbocycles. The van der Waals surface area contributed by atoms with Crippen LogP contribution in [-0.4, -0.2) is 19.2 Å². The van der Waals surface area contributed by atoms with Gasteiger partial charge in [0.2, 0.25) is 6.79 Å². The molecule has 0 aromatic heterocycles. The van der Waals surface area contributed by atoms with Crippen LogP contribution in [0.15, 0.2) is 78.9 Å². The molecule has 1 aliphatic rings. The Morgan fingerprint density at radius 3 is 2.17 bits per heavy atom. The monoisotopic (exact) mass is 389 g/mol. The Balaban J connectivity index is 1.40. The van der Waals surface area contributed by atoms with E-state index in [1.165, 1.54) is 11.1 Å². The van der Waals surface area contributed by atoms with Crippen LogP contribution in [0.4, 0.5) is 0 Å². The Morgan fingerprint density at radius 1 is 0.897 bits per heavy atom. The zero-order chi connectivity index (χ0) is 20.1. The summed E-state index contributed by atoms with van der Waals surface area (Å²) >= 11 is 0. The number of carbonyl (C=O) groups is 1. The third-order valence-electron chi connectivity index (χ3n) is 5.13. The van der Waals surface area contributed by atoms with Gasteiger partial charge in [-0.2, -0.15) is 0 Å². The Morgan fingerprint density at radius 2 is 1.52 bits per heavy atom. The predicted octanol–water partition coefficient (Wildman–Crippen LogP) is 2.95. The van der Waals surface area contributed by atoms with Gasteiger partial charge in [-0.3, -0.25) is 4.79 Å². The van der Waals surface area contributed by atoms with Crippen molar-refractivity contribution in [1.82, 2.24) is 5.32 Å². The Bertz CT molecular complexity index is 921. The van der Waals surface area contributed by atoms with Crippen molar-refractivity contribution in [2.24, 2.45) is 0 Å². The van der Waals surface area contributed by atoms with E-state index in [4.69, 9.17) is 9.47 Å². The molecule has 148 valence electrons. The summed E-state index contributed by atoms with van der Waals surface area (Å²) in [6.45, 7) is 2.56. The fourth-order valence-electron chi connectivity index (χ4n) is 3.58. The lowest BCUT2D eigenvalue weighted by molar-refractivity contribution is -0.676. The van der Waals surface area contributed by atoms with Crippen LogP contribution in [0.25, 0.3) is 0 Å². The number of nitrogens with one attached hydrogen (secondary N) is 1. The average Bonchev–Trinajstić information content (AvgIpc) is 3.23. The van der Waals surface area contributed by atoms with Gasteiger partial charge in [-0.1, -0.05) is 66.7 Å². The molecule has 0 unspecified atom stereocenters. The van der Waals surface area contributed by atoms with E-state index >= 15 is 0 Å². The molecular weight excluding hydrogens is 364 g/mol. The summed E-state index contributed by atoms with van der Waals surface area (Å²) in [5.41, 5.74) is 3.34. The van der Waals surface area contributed by atoms with Gasteiger partial charge in [-0.25, -0.2) is 0 Å². The van der Waals surface area contributed by atoms with E-state index in [-0.39, 0.29) is 24.8 Å². The van der Waals surface area contributed by atoms with Gasteiger partial charge < -0.3 is 20.1 Å². The van der Waals surface area contributed by atoms with E-state index in [1.54, 1.807) is 0 Å². The van der Waals surface area contributed by atoms with Crippen LogP contribution >= 0.6 is 0 Å². The molecular formula is C24H25N2O3+. The van der Waals surface area contributed by atoms with Crippen molar-refractivity contribution in [3.63, 3.8) is 0 Å². The van der Waals surface area contributed by atoms with Crippen LogP contribution in [0.3, 0.4) is 0 Å². The summed E-state index contributed by atoms with van der Waals surface area (Å²) < 4.78 is 10.8. The second-order valence-electron chi connectivity index (χ2n) is 7.14. The number of nitrogens with two attached hydrogens (primary N) is 1. The molecule has 4 rings (SSSR count). The van der Waals surface area contributed by atoms with E-state index in [0.29, 0.717) is 6.54 Å². The number of carbonyl (C=O) groups excluding carboxylic acids is 1. The number of amides is 1. The second-order valence-corrected chi connectivity index (χ2v) is 7.14. The van der Waals surface area contributed by atoms with Crippen LogP contribution in [0.5, 0.6) is 11.5 Å². The molecule has 0 radical (unpaired) electrons. The number of hydrogen-bond donors (Lipinski definition) is 2. The van der Waals surface area contributed by atoms with E-state index < -0.39 is 0 Å². The largest absolute Gasteiger partial charge is 0.454 e. The Kier molecular flexibility index (Phi) is 5.77. The summed E-state index contributed by atoms with van der Waals surface area (Å²) in [7, 11) is 0. The Labute approximate surface area is 170 Å². The molecule has 0 saturated carbocycles. The number of fused-ring (bicyclic) bond motifs is 1. The van der Waals surface area contributed by atoms with Crippen LogP contribution in [0, 0.1) is 0 Å². The van der Waals surface area contributed by atoms with Crippen molar-refractivity contribution in [3.05, 3.63) is 95.6 Å². The van der Waals surface area contributed by atoms with Gasteiger partial charge in [0.1, 0.15) is 6.04 Å². The number of benzene rings is 3. The first-order valence-electron chi connectivity index (χ1n) is 9.83. The summed E-state index contributed by atoms with van der Waals surface area (Å²) in [5, 5.41) is 5.15. The maximum atomic E-state index is 12.6. The minimum atomic E-state index is -0.114. The summed E-state index contributed by atoms with van der Waals surface area (Å²) in [6.07, 6.45) is 0. The van der Waals surface area contributed by atoms with E-state index in [2.05, 4.69) is 34.9 Å². The third kappa shape index (κ3) is 4.58. The smallest absolute Gasteiger partial charge is 0.275 e. The summed E-state index contributed by atoms with van der Waals surface area (Å²) in [5.74, 6) is 1.46. The quantitative estimate of drug-likeness (QED) is 0.653. The van der Waals surface area contributed by atoms with Crippen molar-refractivity contribution in [2.45, 2.75) is 19.0 Å². The van der Waals surface area contributed by atoms with E-state index in [1.807, 2.05) is 61.5 Å². The van der Waals surface area contributed by atoms with Crippen LogP contribution in [0.2, 0.25) is 0 Å². The number of rotatable bonds is 7. The maximum Gasteiger partial charge on any atom is 0.275 e. The minimum Gasteiger partial charge on any atom is -0.454 e. The molecule has 1 aliphatic heterocycles. The number of ether oxygens (including phenoxy) is 2. The maximum absolute atomic E-state index is 12.6. The molecule has 29 heavy (non-hydrogen) atoms.